The van der Waals surface area contributed by atoms with Gasteiger partial charge in [-0.15, -0.1) is 0 Å². The predicted molar refractivity (Wildman–Crippen MR) is 81.8 cm³/mol. The summed E-state index contributed by atoms with van der Waals surface area (Å²) >= 11 is 0. The number of amides is 2. The molecule has 1 aliphatic heterocycles. The van der Waals surface area contributed by atoms with E-state index in [4.69, 9.17) is 9.52 Å². The molecule has 1 atom stereocenters. The minimum Gasteiger partial charge on any atom is -0.481 e. The van der Waals surface area contributed by atoms with Crippen LogP contribution in [0.5, 0.6) is 0 Å². The monoisotopic (exact) mass is 322 g/mol. The van der Waals surface area contributed by atoms with Gasteiger partial charge in [-0.05, 0) is 37.3 Å². The van der Waals surface area contributed by atoms with Gasteiger partial charge in [0.2, 0.25) is 5.91 Å². The topological polar surface area (TPSA) is 99.9 Å². The van der Waals surface area contributed by atoms with Crippen molar-refractivity contribution in [3.63, 3.8) is 0 Å². The molecule has 7 heteroatoms. The van der Waals surface area contributed by atoms with E-state index in [9.17, 15) is 14.4 Å². The van der Waals surface area contributed by atoms with E-state index in [1.54, 1.807) is 17.0 Å². The third kappa shape index (κ3) is 5.43. The third-order valence-corrected chi connectivity index (χ3v) is 4.01. The first kappa shape index (κ1) is 17.1. The Morgan fingerprint density at radius 3 is 2.87 bits per heavy atom. The van der Waals surface area contributed by atoms with Gasteiger partial charge in [0, 0.05) is 32.5 Å². The number of carboxylic acid groups (broad SMARTS) is 1. The Morgan fingerprint density at radius 1 is 1.35 bits per heavy atom. The van der Waals surface area contributed by atoms with E-state index in [1.807, 2.05) is 0 Å². The average Bonchev–Trinajstić information content (AvgIpc) is 3.07. The Labute approximate surface area is 134 Å². The number of likely N-dealkylation sites (tertiary alicyclic amines) is 1. The first-order valence-electron chi connectivity index (χ1n) is 7.87. The minimum absolute atomic E-state index is 0.00947. The van der Waals surface area contributed by atoms with E-state index in [0.717, 1.165) is 12.8 Å². The molecular weight excluding hydrogens is 300 g/mol. The lowest BCUT2D eigenvalue weighted by atomic mass is 9.93. The fraction of sp³-hybridized carbons (Fsp3) is 0.562. The number of carbonyl (C=O) groups is 3. The first-order chi connectivity index (χ1) is 11.1. The van der Waals surface area contributed by atoms with Crippen molar-refractivity contribution in [1.29, 1.82) is 0 Å². The Bertz CT molecular complexity index is 541. The minimum atomic E-state index is -0.797. The molecular formula is C16H22N2O5. The van der Waals surface area contributed by atoms with Crippen LogP contribution >= 0.6 is 0 Å². The molecule has 7 nitrogen and oxygen atoms in total. The van der Waals surface area contributed by atoms with Crippen molar-refractivity contribution < 1.29 is 23.9 Å². The Hall–Kier alpha value is -2.31. The molecule has 126 valence electrons. The molecule has 23 heavy (non-hydrogen) atoms. The number of carboxylic acids is 1. The molecule has 1 unspecified atom stereocenters. The summed E-state index contributed by atoms with van der Waals surface area (Å²) in [6.07, 6.45) is 4.27. The van der Waals surface area contributed by atoms with Gasteiger partial charge in [0.25, 0.3) is 5.91 Å². The van der Waals surface area contributed by atoms with Crippen LogP contribution in [0.3, 0.4) is 0 Å². The number of hydrogen-bond donors (Lipinski definition) is 2. The summed E-state index contributed by atoms with van der Waals surface area (Å²) in [7, 11) is 0. The highest BCUT2D eigenvalue weighted by molar-refractivity contribution is 5.91. The maximum absolute atomic E-state index is 12.2. The molecule has 0 bridgehead atoms. The molecule has 0 radical (unpaired) electrons. The molecule has 0 aromatic carbocycles. The van der Waals surface area contributed by atoms with Crippen molar-refractivity contribution in [2.24, 2.45) is 5.92 Å². The van der Waals surface area contributed by atoms with Crippen molar-refractivity contribution in [3.8, 4) is 0 Å². The second kappa shape index (κ2) is 8.36. The summed E-state index contributed by atoms with van der Waals surface area (Å²) in [5, 5.41) is 11.4. The summed E-state index contributed by atoms with van der Waals surface area (Å²) in [6, 6.07) is 3.19. The number of carbonyl (C=O) groups excluding carboxylic acids is 2. The van der Waals surface area contributed by atoms with Crippen LogP contribution in [0.15, 0.2) is 22.8 Å². The maximum Gasteiger partial charge on any atom is 0.303 e. The zero-order valence-electron chi connectivity index (χ0n) is 13.0. The maximum atomic E-state index is 12.2. The Balaban J connectivity index is 1.70. The molecule has 0 spiro atoms. The summed E-state index contributed by atoms with van der Waals surface area (Å²) in [5.41, 5.74) is 0. The van der Waals surface area contributed by atoms with Crippen LogP contribution in [-0.4, -0.2) is 47.4 Å². The number of aliphatic carboxylic acids is 1. The highest BCUT2D eigenvalue weighted by Gasteiger charge is 2.23. The van der Waals surface area contributed by atoms with Crippen LogP contribution < -0.4 is 5.32 Å². The van der Waals surface area contributed by atoms with Gasteiger partial charge in [-0.25, -0.2) is 0 Å². The van der Waals surface area contributed by atoms with Crippen LogP contribution in [-0.2, 0) is 9.59 Å². The second-order valence-corrected chi connectivity index (χ2v) is 5.76. The normalized spacial score (nSPS) is 17.7. The second-order valence-electron chi connectivity index (χ2n) is 5.76. The van der Waals surface area contributed by atoms with Gasteiger partial charge in [-0.3, -0.25) is 14.4 Å². The number of nitrogens with zero attached hydrogens (tertiary/aromatic N) is 1. The predicted octanol–water partition coefficient (Wildman–Crippen LogP) is 1.50. The number of rotatable bonds is 7. The lowest BCUT2D eigenvalue weighted by Crippen LogP contribution is -2.41. The van der Waals surface area contributed by atoms with Crippen LogP contribution in [0.25, 0.3) is 0 Å². The smallest absolute Gasteiger partial charge is 0.303 e. The molecule has 1 aliphatic rings. The van der Waals surface area contributed by atoms with Crippen LogP contribution in [0, 0.1) is 5.92 Å². The molecule has 0 aliphatic carbocycles. The molecule has 1 fully saturated rings. The zero-order chi connectivity index (χ0) is 16.7. The van der Waals surface area contributed by atoms with Crippen molar-refractivity contribution in [1.82, 2.24) is 10.2 Å². The van der Waals surface area contributed by atoms with Gasteiger partial charge in [0.15, 0.2) is 5.76 Å². The van der Waals surface area contributed by atoms with Crippen LogP contribution in [0.1, 0.15) is 42.7 Å². The number of hydrogen-bond acceptors (Lipinski definition) is 4. The summed E-state index contributed by atoms with van der Waals surface area (Å²) in [4.78, 5) is 36.3. The standard InChI is InChI=1S/C16H22N2O5/c19-14(7-8-17-16(22)13-4-2-10-23-13)18-9-1-3-12(11-18)5-6-15(20)21/h2,4,10,12H,1,3,5-9,11H2,(H,17,22)(H,20,21). The quantitative estimate of drug-likeness (QED) is 0.792. The third-order valence-electron chi connectivity index (χ3n) is 4.01. The average molecular weight is 322 g/mol. The lowest BCUT2D eigenvalue weighted by Gasteiger charge is -2.32. The molecule has 1 aromatic rings. The number of piperidine rings is 1. The van der Waals surface area contributed by atoms with Gasteiger partial charge in [-0.1, -0.05) is 0 Å². The van der Waals surface area contributed by atoms with E-state index in [1.165, 1.54) is 6.26 Å². The highest BCUT2D eigenvalue weighted by atomic mass is 16.4. The SMILES string of the molecule is O=C(O)CCC1CCCN(C(=O)CCNC(=O)c2ccco2)C1. The molecule has 2 N–H and O–H groups in total. The fourth-order valence-corrected chi connectivity index (χ4v) is 2.79. The lowest BCUT2D eigenvalue weighted by molar-refractivity contribution is -0.137. The number of nitrogens with one attached hydrogen (secondary N) is 1. The van der Waals surface area contributed by atoms with Crippen molar-refractivity contribution in [2.75, 3.05) is 19.6 Å². The van der Waals surface area contributed by atoms with Crippen molar-refractivity contribution in [2.45, 2.75) is 32.1 Å². The van der Waals surface area contributed by atoms with Gasteiger partial charge >= 0.3 is 5.97 Å². The van der Waals surface area contributed by atoms with Crippen molar-refractivity contribution >= 4 is 17.8 Å². The van der Waals surface area contributed by atoms with Crippen LogP contribution in [0.4, 0.5) is 0 Å². The molecule has 1 saturated heterocycles. The van der Waals surface area contributed by atoms with E-state index >= 15 is 0 Å². The van der Waals surface area contributed by atoms with Gasteiger partial charge in [-0.2, -0.15) is 0 Å². The van der Waals surface area contributed by atoms with Gasteiger partial charge in [0.05, 0.1) is 6.26 Å². The van der Waals surface area contributed by atoms with Gasteiger partial charge in [0.1, 0.15) is 0 Å². The van der Waals surface area contributed by atoms with Crippen molar-refractivity contribution in [3.05, 3.63) is 24.2 Å². The Morgan fingerprint density at radius 2 is 2.17 bits per heavy atom. The van der Waals surface area contributed by atoms with E-state index < -0.39 is 5.97 Å². The molecule has 2 heterocycles. The number of furan rings is 1. The Kier molecular flexibility index (Phi) is 6.19. The van der Waals surface area contributed by atoms with E-state index in [-0.39, 0.29) is 42.9 Å². The van der Waals surface area contributed by atoms with Crippen LogP contribution in [0.2, 0.25) is 0 Å². The molecule has 0 saturated carbocycles. The van der Waals surface area contributed by atoms with Gasteiger partial charge < -0.3 is 19.7 Å². The molecule has 2 amide bonds. The summed E-state index contributed by atoms with van der Waals surface area (Å²) < 4.78 is 4.97. The van der Waals surface area contributed by atoms with E-state index in [0.29, 0.717) is 19.5 Å². The first-order valence-corrected chi connectivity index (χ1v) is 7.87. The fourth-order valence-electron chi connectivity index (χ4n) is 2.79. The molecule has 2 rings (SSSR count). The molecule has 1 aromatic heterocycles. The zero-order valence-corrected chi connectivity index (χ0v) is 13.0. The van der Waals surface area contributed by atoms with E-state index in [2.05, 4.69) is 5.32 Å². The summed E-state index contributed by atoms with van der Waals surface area (Å²) in [5.74, 6) is -0.662. The largest absolute Gasteiger partial charge is 0.481 e. The summed E-state index contributed by atoms with van der Waals surface area (Å²) in [6.45, 7) is 1.57. The highest BCUT2D eigenvalue weighted by Crippen LogP contribution is 2.21.